The fourth-order valence-corrected chi connectivity index (χ4v) is 1.81. The van der Waals surface area contributed by atoms with Gasteiger partial charge in [0.05, 0.1) is 20.6 Å². The molecule has 0 radical (unpaired) electrons. The van der Waals surface area contributed by atoms with Gasteiger partial charge in [0.15, 0.2) is 0 Å². The second-order valence-corrected chi connectivity index (χ2v) is 4.56. The van der Waals surface area contributed by atoms with Crippen molar-refractivity contribution in [3.05, 3.63) is 0 Å². The van der Waals surface area contributed by atoms with Gasteiger partial charge in [0.25, 0.3) is 0 Å². The summed E-state index contributed by atoms with van der Waals surface area (Å²) in [4.78, 5) is 0.855. The molecule has 0 aromatic rings. The molecule has 0 aliphatic heterocycles. The number of hydrogen-bond donors (Lipinski definition) is 1. The molecule has 15 heavy (non-hydrogen) atoms. The lowest BCUT2D eigenvalue weighted by Gasteiger charge is -2.20. The molecule has 2 unspecified atom stereocenters. The van der Waals surface area contributed by atoms with Crippen LogP contribution < -0.4 is 4.90 Å². The Hall–Kier alpha value is -0.390. The predicted octanol–water partition coefficient (Wildman–Crippen LogP) is 1.15. The molecular formula is C9H15F5N+. The molecule has 1 N–H and O–H groups in total. The minimum atomic E-state index is -4.78. The van der Waals surface area contributed by atoms with Crippen molar-refractivity contribution in [1.82, 2.24) is 0 Å². The van der Waals surface area contributed by atoms with E-state index in [0.717, 1.165) is 4.90 Å². The maximum Gasteiger partial charge on any atom is 0.400 e. The lowest BCUT2D eigenvalue weighted by Crippen LogP contribution is -3.05. The Morgan fingerprint density at radius 1 is 1.27 bits per heavy atom. The molecule has 1 aliphatic carbocycles. The van der Waals surface area contributed by atoms with Gasteiger partial charge in [-0.05, 0) is 0 Å². The van der Waals surface area contributed by atoms with Gasteiger partial charge in [-0.3, -0.25) is 0 Å². The summed E-state index contributed by atoms with van der Waals surface area (Å²) < 4.78 is 63.4. The molecular weight excluding hydrogens is 217 g/mol. The Bertz CT molecular complexity index is 239. The second kappa shape index (κ2) is 3.57. The topological polar surface area (TPSA) is 4.44 Å². The van der Waals surface area contributed by atoms with Crippen LogP contribution in [0.25, 0.3) is 0 Å². The predicted molar refractivity (Wildman–Crippen MR) is 45.2 cm³/mol. The molecule has 0 heterocycles. The summed E-state index contributed by atoms with van der Waals surface area (Å²) in [5, 5.41) is 0. The first-order valence-electron chi connectivity index (χ1n) is 4.79. The molecule has 0 aromatic heterocycles. The normalized spacial score (nSPS) is 36.0. The summed E-state index contributed by atoms with van der Waals surface area (Å²) in [7, 11) is 3.44. The van der Waals surface area contributed by atoms with E-state index in [1.807, 2.05) is 0 Å². The van der Waals surface area contributed by atoms with E-state index in [1.165, 1.54) is 0 Å². The zero-order chi connectivity index (χ0) is 11.9. The second-order valence-electron chi connectivity index (χ2n) is 4.56. The summed E-state index contributed by atoms with van der Waals surface area (Å²) in [6.07, 6.45) is -5.75. The summed E-state index contributed by atoms with van der Waals surface area (Å²) in [6, 6.07) is 0. The summed E-state index contributed by atoms with van der Waals surface area (Å²) in [5.41, 5.74) is -5.12. The van der Waals surface area contributed by atoms with E-state index < -0.39 is 30.4 Å². The summed E-state index contributed by atoms with van der Waals surface area (Å²) in [5.74, 6) is 0. The molecule has 0 amide bonds. The van der Waals surface area contributed by atoms with Crippen LogP contribution in [0.5, 0.6) is 0 Å². The zero-order valence-electron chi connectivity index (χ0n) is 8.72. The van der Waals surface area contributed by atoms with Crippen LogP contribution in [-0.4, -0.2) is 39.2 Å². The molecule has 90 valence electrons. The first-order chi connectivity index (χ1) is 6.68. The number of alkyl halides is 5. The monoisotopic (exact) mass is 232 g/mol. The molecule has 1 aliphatic rings. The first-order valence-corrected chi connectivity index (χ1v) is 4.79. The van der Waals surface area contributed by atoms with Gasteiger partial charge in [-0.1, -0.05) is 0 Å². The molecule has 0 spiro atoms. The number of nitrogens with one attached hydrogen (secondary N) is 1. The highest BCUT2D eigenvalue weighted by atomic mass is 19.4. The van der Waals surface area contributed by atoms with Crippen molar-refractivity contribution in [2.75, 3.05) is 27.3 Å². The van der Waals surface area contributed by atoms with Crippen LogP contribution in [-0.2, 0) is 0 Å². The molecule has 1 rings (SSSR count). The Morgan fingerprint density at radius 2 is 1.80 bits per heavy atom. The summed E-state index contributed by atoms with van der Waals surface area (Å²) >= 11 is 0. The fourth-order valence-electron chi connectivity index (χ4n) is 1.81. The van der Waals surface area contributed by atoms with Gasteiger partial charge in [0.2, 0.25) is 0 Å². The lowest BCUT2D eigenvalue weighted by molar-refractivity contribution is -0.859. The third kappa shape index (κ3) is 1.96. The lowest BCUT2D eigenvalue weighted by atomic mass is 10.0. The van der Waals surface area contributed by atoms with Gasteiger partial charge in [0, 0.05) is 12.8 Å². The highest BCUT2D eigenvalue weighted by Crippen LogP contribution is 2.68. The SMILES string of the molecule is C[NH+](C)CCC1(F)CC1(CF)C(F)(F)F. The van der Waals surface area contributed by atoms with Gasteiger partial charge in [-0.2, -0.15) is 13.2 Å². The van der Waals surface area contributed by atoms with Crippen molar-refractivity contribution in [1.29, 1.82) is 0 Å². The molecule has 0 aromatic carbocycles. The molecule has 1 nitrogen and oxygen atoms in total. The minimum Gasteiger partial charge on any atom is -0.340 e. The minimum absolute atomic E-state index is 0.237. The standard InChI is InChI=1S/C9H14F5N/c1-15(2)4-3-8(11)5-7(8,6-10)9(12,13)14/h3-6H2,1-2H3/p+1. The quantitative estimate of drug-likeness (QED) is 0.693. The van der Waals surface area contributed by atoms with E-state index in [9.17, 15) is 22.0 Å². The number of halogens is 5. The Labute approximate surface area is 85.2 Å². The van der Waals surface area contributed by atoms with Gasteiger partial charge in [0.1, 0.15) is 17.8 Å². The third-order valence-corrected chi connectivity index (χ3v) is 3.11. The third-order valence-electron chi connectivity index (χ3n) is 3.11. The van der Waals surface area contributed by atoms with Crippen LogP contribution in [0.4, 0.5) is 22.0 Å². The highest BCUT2D eigenvalue weighted by molar-refractivity contribution is 5.19. The van der Waals surface area contributed by atoms with Gasteiger partial charge < -0.3 is 4.90 Å². The Balaban J connectivity index is 2.67. The number of rotatable bonds is 4. The molecule has 0 bridgehead atoms. The van der Waals surface area contributed by atoms with E-state index >= 15 is 0 Å². The molecule has 2 atom stereocenters. The number of quaternary nitrogens is 1. The van der Waals surface area contributed by atoms with Gasteiger partial charge in [-0.25, -0.2) is 8.78 Å². The van der Waals surface area contributed by atoms with Crippen molar-refractivity contribution in [2.45, 2.75) is 24.7 Å². The van der Waals surface area contributed by atoms with Crippen molar-refractivity contribution in [3.63, 3.8) is 0 Å². The van der Waals surface area contributed by atoms with Crippen molar-refractivity contribution < 1.29 is 26.9 Å². The van der Waals surface area contributed by atoms with Crippen LogP contribution in [0.3, 0.4) is 0 Å². The maximum absolute atomic E-state index is 13.7. The summed E-state index contributed by atoms with van der Waals surface area (Å²) in [6.45, 7) is -1.38. The number of hydrogen-bond acceptors (Lipinski definition) is 0. The zero-order valence-corrected chi connectivity index (χ0v) is 8.72. The van der Waals surface area contributed by atoms with Crippen molar-refractivity contribution in [2.24, 2.45) is 5.41 Å². The maximum atomic E-state index is 13.7. The van der Waals surface area contributed by atoms with E-state index in [0.29, 0.717) is 0 Å². The molecule has 6 heteroatoms. The van der Waals surface area contributed by atoms with E-state index in [1.54, 1.807) is 14.1 Å². The van der Waals surface area contributed by atoms with E-state index in [-0.39, 0.29) is 13.0 Å². The van der Waals surface area contributed by atoms with Crippen molar-refractivity contribution >= 4 is 0 Å². The van der Waals surface area contributed by atoms with Crippen LogP contribution >= 0.6 is 0 Å². The van der Waals surface area contributed by atoms with E-state index in [4.69, 9.17) is 0 Å². The van der Waals surface area contributed by atoms with Crippen LogP contribution in [0.15, 0.2) is 0 Å². The Morgan fingerprint density at radius 3 is 2.07 bits per heavy atom. The van der Waals surface area contributed by atoms with Crippen LogP contribution in [0.2, 0.25) is 0 Å². The fraction of sp³-hybridized carbons (Fsp3) is 1.00. The van der Waals surface area contributed by atoms with Crippen molar-refractivity contribution in [3.8, 4) is 0 Å². The first kappa shape index (κ1) is 12.7. The largest absolute Gasteiger partial charge is 0.400 e. The molecule has 1 fully saturated rings. The average Bonchev–Trinajstić information content (AvgIpc) is 2.70. The average molecular weight is 232 g/mol. The highest BCUT2D eigenvalue weighted by Gasteiger charge is 2.81. The molecule has 0 saturated heterocycles. The molecule has 1 saturated carbocycles. The van der Waals surface area contributed by atoms with Crippen LogP contribution in [0, 0.1) is 5.41 Å². The smallest absolute Gasteiger partial charge is 0.340 e. The van der Waals surface area contributed by atoms with Crippen LogP contribution in [0.1, 0.15) is 12.8 Å². The Kier molecular flexibility index (Phi) is 3.02. The van der Waals surface area contributed by atoms with E-state index in [2.05, 4.69) is 0 Å². The van der Waals surface area contributed by atoms with Gasteiger partial charge >= 0.3 is 6.18 Å². The van der Waals surface area contributed by atoms with Gasteiger partial charge in [-0.15, -0.1) is 0 Å².